The second-order valence-corrected chi connectivity index (χ2v) is 3.82. The first kappa shape index (κ1) is 14.3. The molecule has 5 heteroatoms. The van der Waals surface area contributed by atoms with Crippen LogP contribution in [-0.4, -0.2) is 45.2 Å². The number of hydrogen-bond donors (Lipinski definition) is 1. The summed E-state index contributed by atoms with van der Waals surface area (Å²) in [7, 11) is 4.55. The zero-order chi connectivity index (χ0) is 12.1. The number of nitrogens with one attached hydrogen (secondary N) is 1. The average Bonchev–Trinajstić information content (AvgIpc) is 2.19. The van der Waals surface area contributed by atoms with Gasteiger partial charge in [-0.05, 0) is 20.8 Å². The van der Waals surface area contributed by atoms with Crippen molar-refractivity contribution < 1.29 is 19.0 Å². The van der Waals surface area contributed by atoms with Crippen LogP contribution in [0.3, 0.4) is 0 Å². The zero-order valence-electron chi connectivity index (χ0n) is 10.3. The molecule has 1 amide bonds. The van der Waals surface area contributed by atoms with Gasteiger partial charge in [0.25, 0.3) is 5.91 Å². The fraction of sp³-hybridized carbons (Fsp3) is 0.900. The Morgan fingerprint density at radius 3 is 2.00 bits per heavy atom. The largest absolute Gasteiger partial charge is 0.369 e. The Bertz CT molecular complexity index is 202. The molecule has 0 aromatic heterocycles. The monoisotopic (exact) mass is 219 g/mol. The van der Waals surface area contributed by atoms with Gasteiger partial charge in [-0.2, -0.15) is 0 Å². The minimum absolute atomic E-state index is 0.198. The lowest BCUT2D eigenvalue weighted by Gasteiger charge is -2.27. The predicted molar refractivity (Wildman–Crippen MR) is 56.5 cm³/mol. The van der Waals surface area contributed by atoms with E-state index in [0.717, 1.165) is 0 Å². The lowest BCUT2D eigenvalue weighted by molar-refractivity contribution is -0.149. The third-order valence-electron chi connectivity index (χ3n) is 2.29. The molecule has 0 radical (unpaired) electrons. The second kappa shape index (κ2) is 6.05. The topological polar surface area (TPSA) is 56.8 Å². The number of methoxy groups -OCH3 is 3. The molecule has 0 aliphatic rings. The summed E-state index contributed by atoms with van der Waals surface area (Å²) in [4.78, 5) is 11.7. The molecule has 0 aromatic carbocycles. The van der Waals surface area contributed by atoms with Crippen molar-refractivity contribution >= 4 is 5.91 Å². The summed E-state index contributed by atoms with van der Waals surface area (Å²) < 4.78 is 15.1. The van der Waals surface area contributed by atoms with Gasteiger partial charge in [0.2, 0.25) is 0 Å². The average molecular weight is 219 g/mol. The van der Waals surface area contributed by atoms with Crippen LogP contribution in [0.1, 0.15) is 20.8 Å². The first-order valence-corrected chi connectivity index (χ1v) is 4.80. The van der Waals surface area contributed by atoms with Gasteiger partial charge in [-0.15, -0.1) is 0 Å². The number of ether oxygens (including phenoxy) is 3. The van der Waals surface area contributed by atoms with Crippen molar-refractivity contribution in [3.63, 3.8) is 0 Å². The molecule has 0 heterocycles. The molecule has 0 aliphatic heterocycles. The highest BCUT2D eigenvalue weighted by Gasteiger charge is 2.29. The van der Waals surface area contributed by atoms with Crippen molar-refractivity contribution in [2.75, 3.05) is 21.3 Å². The van der Waals surface area contributed by atoms with Crippen LogP contribution < -0.4 is 5.32 Å². The molecular formula is C10H21NO4. The highest BCUT2D eigenvalue weighted by Crippen LogP contribution is 2.08. The van der Waals surface area contributed by atoms with E-state index in [9.17, 15) is 4.79 Å². The van der Waals surface area contributed by atoms with Gasteiger partial charge in [0.15, 0.2) is 6.29 Å². The van der Waals surface area contributed by atoms with Crippen LogP contribution >= 0.6 is 0 Å². The molecule has 1 unspecified atom stereocenters. The van der Waals surface area contributed by atoms with E-state index in [4.69, 9.17) is 14.2 Å². The number of carbonyl (C=O) groups is 1. The molecule has 0 saturated carbocycles. The van der Waals surface area contributed by atoms with Crippen molar-refractivity contribution in [2.45, 2.75) is 38.7 Å². The maximum Gasteiger partial charge on any atom is 0.252 e. The first-order valence-electron chi connectivity index (χ1n) is 4.80. The van der Waals surface area contributed by atoms with Crippen molar-refractivity contribution in [3.8, 4) is 0 Å². The fourth-order valence-electron chi connectivity index (χ4n) is 1.05. The Labute approximate surface area is 91.1 Å². The van der Waals surface area contributed by atoms with Crippen LogP contribution in [0.15, 0.2) is 0 Å². The summed E-state index contributed by atoms with van der Waals surface area (Å²) >= 11 is 0. The molecule has 0 aliphatic carbocycles. The van der Waals surface area contributed by atoms with Crippen LogP contribution in [-0.2, 0) is 19.0 Å². The van der Waals surface area contributed by atoms with Crippen molar-refractivity contribution in [2.24, 2.45) is 0 Å². The SMILES string of the molecule is COC(OC)C(C)NC(=O)C(C)(C)OC. The molecule has 0 aromatic rings. The molecule has 0 saturated heterocycles. The molecular weight excluding hydrogens is 198 g/mol. The minimum atomic E-state index is -0.847. The maximum absolute atomic E-state index is 11.7. The molecule has 90 valence electrons. The highest BCUT2D eigenvalue weighted by atomic mass is 16.7. The van der Waals surface area contributed by atoms with E-state index in [1.165, 1.54) is 21.3 Å². The maximum atomic E-state index is 11.7. The van der Waals surface area contributed by atoms with E-state index in [-0.39, 0.29) is 11.9 Å². The highest BCUT2D eigenvalue weighted by molar-refractivity contribution is 5.84. The van der Waals surface area contributed by atoms with Crippen LogP contribution in [0, 0.1) is 0 Å². The van der Waals surface area contributed by atoms with Gasteiger partial charge in [-0.1, -0.05) is 0 Å². The van der Waals surface area contributed by atoms with E-state index >= 15 is 0 Å². The van der Waals surface area contributed by atoms with Crippen molar-refractivity contribution in [1.29, 1.82) is 0 Å². The van der Waals surface area contributed by atoms with E-state index < -0.39 is 11.9 Å². The van der Waals surface area contributed by atoms with Gasteiger partial charge in [0, 0.05) is 21.3 Å². The number of carbonyl (C=O) groups excluding carboxylic acids is 1. The van der Waals surface area contributed by atoms with E-state index in [0.29, 0.717) is 0 Å². The Kier molecular flexibility index (Phi) is 5.79. The van der Waals surface area contributed by atoms with E-state index in [2.05, 4.69) is 5.32 Å². The molecule has 5 nitrogen and oxygen atoms in total. The standard InChI is InChI=1S/C10H21NO4/c1-7(8(13-4)14-5)11-9(12)10(2,3)15-6/h7-8H,1-6H3,(H,11,12). The van der Waals surface area contributed by atoms with Gasteiger partial charge in [-0.25, -0.2) is 0 Å². The van der Waals surface area contributed by atoms with Gasteiger partial charge in [-0.3, -0.25) is 4.79 Å². The zero-order valence-corrected chi connectivity index (χ0v) is 10.3. The van der Waals surface area contributed by atoms with Crippen LogP contribution in [0.4, 0.5) is 0 Å². The summed E-state index contributed by atoms with van der Waals surface area (Å²) in [5.41, 5.74) is -0.847. The van der Waals surface area contributed by atoms with Crippen LogP contribution in [0.5, 0.6) is 0 Å². The normalized spacial score (nSPS) is 14.1. The molecule has 0 spiro atoms. The molecule has 0 bridgehead atoms. The summed E-state index contributed by atoms with van der Waals surface area (Å²) in [5.74, 6) is -0.198. The molecule has 1 atom stereocenters. The predicted octanol–water partition coefficient (Wildman–Crippen LogP) is 0.535. The Hall–Kier alpha value is -0.650. The van der Waals surface area contributed by atoms with Crippen LogP contribution in [0.25, 0.3) is 0 Å². The minimum Gasteiger partial charge on any atom is -0.369 e. The van der Waals surface area contributed by atoms with Crippen molar-refractivity contribution in [3.05, 3.63) is 0 Å². The Balaban J connectivity index is 4.29. The number of rotatable bonds is 6. The number of hydrogen-bond acceptors (Lipinski definition) is 4. The molecule has 1 N–H and O–H groups in total. The Morgan fingerprint density at radius 2 is 1.67 bits per heavy atom. The van der Waals surface area contributed by atoms with Crippen LogP contribution in [0.2, 0.25) is 0 Å². The quantitative estimate of drug-likeness (QED) is 0.662. The van der Waals surface area contributed by atoms with E-state index in [1.807, 2.05) is 0 Å². The third-order valence-corrected chi connectivity index (χ3v) is 2.29. The van der Waals surface area contributed by atoms with E-state index in [1.54, 1.807) is 20.8 Å². The molecule has 0 fully saturated rings. The van der Waals surface area contributed by atoms with Gasteiger partial charge in [0.05, 0.1) is 6.04 Å². The van der Waals surface area contributed by atoms with Crippen molar-refractivity contribution in [1.82, 2.24) is 5.32 Å². The van der Waals surface area contributed by atoms with Gasteiger partial charge in [0.1, 0.15) is 5.60 Å². The molecule has 0 rings (SSSR count). The third kappa shape index (κ3) is 4.15. The lowest BCUT2D eigenvalue weighted by Crippen LogP contribution is -2.51. The fourth-order valence-corrected chi connectivity index (χ4v) is 1.05. The Morgan fingerprint density at radius 1 is 1.20 bits per heavy atom. The van der Waals surface area contributed by atoms with Gasteiger partial charge < -0.3 is 19.5 Å². The summed E-state index contributed by atoms with van der Waals surface area (Å²) in [6, 6.07) is -0.234. The summed E-state index contributed by atoms with van der Waals surface area (Å²) in [5, 5.41) is 2.76. The molecule has 15 heavy (non-hydrogen) atoms. The summed E-state index contributed by atoms with van der Waals surface area (Å²) in [6.07, 6.45) is -0.457. The lowest BCUT2D eigenvalue weighted by atomic mass is 10.1. The number of amides is 1. The second-order valence-electron chi connectivity index (χ2n) is 3.82. The summed E-state index contributed by atoms with van der Waals surface area (Å²) in [6.45, 7) is 5.20. The van der Waals surface area contributed by atoms with Gasteiger partial charge >= 0.3 is 0 Å². The first-order chi connectivity index (χ1) is 6.88. The smallest absolute Gasteiger partial charge is 0.252 e.